The Bertz CT molecular complexity index is 1190. The molecule has 1 heterocycles. The normalized spacial score (nSPS) is 14.6. The highest BCUT2D eigenvalue weighted by molar-refractivity contribution is 5.95. The molecule has 0 aliphatic heterocycles. The molecule has 14 nitrogen and oxygen atoms in total. The minimum absolute atomic E-state index is 0.0571. The summed E-state index contributed by atoms with van der Waals surface area (Å²) in [6.07, 6.45) is 4.61. The number of hydrogen-bond donors (Lipinski definition) is 8. The third kappa shape index (κ3) is 11.8. The van der Waals surface area contributed by atoms with Gasteiger partial charge in [-0.05, 0) is 50.6 Å². The first kappa shape index (κ1) is 34.9. The third-order valence-corrected chi connectivity index (χ3v) is 6.81. The first-order valence-corrected chi connectivity index (χ1v) is 14.3. The third-order valence-electron chi connectivity index (χ3n) is 6.81. The highest BCUT2D eigenvalue weighted by Crippen LogP contribution is 2.08. The first-order valence-electron chi connectivity index (χ1n) is 14.3. The summed E-state index contributed by atoms with van der Waals surface area (Å²) in [6, 6.07) is 3.93. The van der Waals surface area contributed by atoms with Gasteiger partial charge in [0.15, 0.2) is 0 Å². The maximum absolute atomic E-state index is 13.4. The van der Waals surface area contributed by atoms with Gasteiger partial charge in [0.05, 0.1) is 12.4 Å². The van der Waals surface area contributed by atoms with Gasteiger partial charge in [0.2, 0.25) is 23.6 Å². The van der Waals surface area contributed by atoms with Crippen LogP contribution in [0.15, 0.2) is 42.9 Å². The molecule has 0 aliphatic rings. The van der Waals surface area contributed by atoms with E-state index in [9.17, 15) is 29.1 Å². The number of H-pyrrole nitrogens is 1. The van der Waals surface area contributed by atoms with Crippen LogP contribution in [-0.2, 0) is 36.8 Å². The van der Waals surface area contributed by atoms with Crippen LogP contribution in [0.1, 0.15) is 51.3 Å². The zero-order valence-corrected chi connectivity index (χ0v) is 24.8. The van der Waals surface area contributed by atoms with Gasteiger partial charge in [0.1, 0.15) is 24.2 Å². The molecular formula is C29H44N8O6. The Morgan fingerprint density at radius 2 is 1.53 bits per heavy atom. The van der Waals surface area contributed by atoms with E-state index >= 15 is 0 Å². The molecule has 236 valence electrons. The standard InChI is InChI=1S/C29H44N8O6/c1-17(2)24(28(41)34-18(3)25(38)35-22(29(42)43)11-7-8-12-30)37-27(40)23(14-20-15-32-16-33-20)36-26(39)21(31)13-19-9-5-4-6-10-19/h4-6,9-10,15-18,21-24H,7-8,11-14,30-31H2,1-3H3,(H,32,33)(H,34,41)(H,35,38)(H,36,39)(H,37,40)(H,42,43)/t18-,21-,22-,23-,24-/m0/s1. The highest BCUT2D eigenvalue weighted by atomic mass is 16.4. The number of benzene rings is 1. The molecule has 10 N–H and O–H groups in total. The number of carboxylic acid groups (broad SMARTS) is 1. The van der Waals surface area contributed by atoms with E-state index in [1.807, 2.05) is 30.3 Å². The number of carboxylic acids is 1. The van der Waals surface area contributed by atoms with Crippen LogP contribution >= 0.6 is 0 Å². The Hall–Kier alpha value is -4.30. The molecule has 0 aliphatic carbocycles. The van der Waals surface area contributed by atoms with E-state index in [1.165, 1.54) is 19.4 Å². The van der Waals surface area contributed by atoms with E-state index < -0.39 is 65.7 Å². The van der Waals surface area contributed by atoms with Gasteiger partial charge in [0.25, 0.3) is 0 Å². The van der Waals surface area contributed by atoms with Crippen molar-refractivity contribution in [3.8, 4) is 0 Å². The van der Waals surface area contributed by atoms with E-state index in [-0.39, 0.29) is 19.3 Å². The Morgan fingerprint density at radius 1 is 0.860 bits per heavy atom. The average molecular weight is 601 g/mol. The van der Waals surface area contributed by atoms with Crippen molar-refractivity contribution in [3.63, 3.8) is 0 Å². The van der Waals surface area contributed by atoms with Crippen LogP contribution in [0.2, 0.25) is 0 Å². The van der Waals surface area contributed by atoms with Gasteiger partial charge in [-0.3, -0.25) is 19.2 Å². The molecule has 0 radical (unpaired) electrons. The number of rotatable bonds is 18. The summed E-state index contributed by atoms with van der Waals surface area (Å²) in [4.78, 5) is 70.7. The molecule has 1 aromatic carbocycles. The Labute approximate surface area is 251 Å². The average Bonchev–Trinajstić information content (AvgIpc) is 3.48. The van der Waals surface area contributed by atoms with Gasteiger partial charge in [-0.2, -0.15) is 0 Å². The summed E-state index contributed by atoms with van der Waals surface area (Å²) in [5.41, 5.74) is 13.0. The van der Waals surface area contributed by atoms with Gasteiger partial charge in [-0.25, -0.2) is 9.78 Å². The number of amides is 4. The lowest BCUT2D eigenvalue weighted by molar-refractivity contribution is -0.142. The lowest BCUT2D eigenvalue weighted by Crippen LogP contribution is -2.59. The van der Waals surface area contributed by atoms with Crippen molar-refractivity contribution in [2.24, 2.45) is 17.4 Å². The number of hydrogen-bond acceptors (Lipinski definition) is 8. The number of carbonyl (C=O) groups excluding carboxylic acids is 4. The number of imidazole rings is 1. The summed E-state index contributed by atoms with van der Waals surface area (Å²) in [7, 11) is 0. The molecular weight excluding hydrogens is 556 g/mol. The summed E-state index contributed by atoms with van der Waals surface area (Å²) < 4.78 is 0. The van der Waals surface area contributed by atoms with E-state index in [0.717, 1.165) is 5.56 Å². The lowest BCUT2D eigenvalue weighted by Gasteiger charge is -2.27. The van der Waals surface area contributed by atoms with Crippen LogP contribution < -0.4 is 32.7 Å². The predicted molar refractivity (Wildman–Crippen MR) is 159 cm³/mol. The molecule has 0 fully saturated rings. The fourth-order valence-electron chi connectivity index (χ4n) is 4.27. The number of aromatic nitrogens is 2. The van der Waals surface area contributed by atoms with Crippen molar-refractivity contribution >= 4 is 29.6 Å². The van der Waals surface area contributed by atoms with Crippen LogP contribution in [0.5, 0.6) is 0 Å². The number of nitrogens with two attached hydrogens (primary N) is 2. The number of aromatic amines is 1. The largest absolute Gasteiger partial charge is 0.480 e. The fourth-order valence-corrected chi connectivity index (χ4v) is 4.27. The van der Waals surface area contributed by atoms with Crippen molar-refractivity contribution < 1.29 is 29.1 Å². The predicted octanol–water partition coefficient (Wildman–Crippen LogP) is -0.649. The van der Waals surface area contributed by atoms with Crippen molar-refractivity contribution in [1.29, 1.82) is 0 Å². The first-order chi connectivity index (χ1) is 20.4. The molecule has 0 bridgehead atoms. The smallest absolute Gasteiger partial charge is 0.326 e. The van der Waals surface area contributed by atoms with Crippen LogP contribution in [0.25, 0.3) is 0 Å². The maximum atomic E-state index is 13.4. The molecule has 1 aromatic heterocycles. The minimum Gasteiger partial charge on any atom is -0.480 e. The van der Waals surface area contributed by atoms with E-state index in [2.05, 4.69) is 31.2 Å². The molecule has 2 aromatic rings. The zero-order chi connectivity index (χ0) is 31.9. The van der Waals surface area contributed by atoms with Gasteiger partial charge >= 0.3 is 5.97 Å². The number of carbonyl (C=O) groups is 5. The van der Waals surface area contributed by atoms with E-state index in [4.69, 9.17) is 11.5 Å². The van der Waals surface area contributed by atoms with Crippen LogP contribution in [0.3, 0.4) is 0 Å². The number of nitrogens with zero attached hydrogens (tertiary/aromatic N) is 1. The SMILES string of the molecule is CC(C)[C@H](NC(=O)[C@H](Cc1cnc[nH]1)NC(=O)[C@@H](N)Cc1ccccc1)C(=O)N[C@@H](C)C(=O)N[C@@H](CCCCN)C(=O)O. The monoisotopic (exact) mass is 600 g/mol. The second-order valence-electron chi connectivity index (χ2n) is 10.8. The highest BCUT2D eigenvalue weighted by Gasteiger charge is 2.32. The van der Waals surface area contributed by atoms with Crippen molar-refractivity contribution in [2.75, 3.05) is 6.54 Å². The van der Waals surface area contributed by atoms with Gasteiger partial charge < -0.3 is 42.8 Å². The second kappa shape index (κ2) is 17.6. The topological polar surface area (TPSA) is 234 Å². The molecule has 4 amide bonds. The second-order valence-corrected chi connectivity index (χ2v) is 10.8. The molecule has 14 heteroatoms. The lowest BCUT2D eigenvalue weighted by atomic mass is 10.0. The Kier molecular flexibility index (Phi) is 14.3. The molecule has 43 heavy (non-hydrogen) atoms. The zero-order valence-electron chi connectivity index (χ0n) is 24.8. The fraction of sp³-hybridized carbons (Fsp3) is 0.517. The summed E-state index contributed by atoms with van der Waals surface area (Å²) in [5.74, 6) is -4.09. The summed E-state index contributed by atoms with van der Waals surface area (Å²) in [5, 5.41) is 19.8. The number of aliphatic carboxylic acids is 1. The van der Waals surface area contributed by atoms with Crippen molar-refractivity contribution in [2.45, 2.75) is 83.1 Å². The maximum Gasteiger partial charge on any atom is 0.326 e. The van der Waals surface area contributed by atoms with E-state index in [1.54, 1.807) is 13.8 Å². The number of nitrogens with one attached hydrogen (secondary N) is 5. The molecule has 5 atom stereocenters. The van der Waals surface area contributed by atoms with Crippen LogP contribution in [0, 0.1) is 5.92 Å². The summed E-state index contributed by atoms with van der Waals surface area (Å²) in [6.45, 7) is 5.25. The van der Waals surface area contributed by atoms with Crippen LogP contribution in [-0.4, -0.2) is 81.4 Å². The minimum atomic E-state index is -1.19. The Morgan fingerprint density at radius 3 is 2.12 bits per heavy atom. The molecule has 0 unspecified atom stereocenters. The number of unbranched alkanes of at least 4 members (excludes halogenated alkanes) is 1. The Balaban J connectivity index is 2.08. The molecule has 0 spiro atoms. The molecule has 0 saturated heterocycles. The van der Waals surface area contributed by atoms with Gasteiger partial charge in [-0.15, -0.1) is 0 Å². The quantitative estimate of drug-likeness (QED) is 0.101. The van der Waals surface area contributed by atoms with Gasteiger partial charge in [0, 0.05) is 18.3 Å². The van der Waals surface area contributed by atoms with Crippen molar-refractivity contribution in [3.05, 3.63) is 54.1 Å². The molecule has 2 rings (SSSR count). The summed E-state index contributed by atoms with van der Waals surface area (Å²) >= 11 is 0. The van der Waals surface area contributed by atoms with Gasteiger partial charge in [-0.1, -0.05) is 44.2 Å². The molecule has 0 saturated carbocycles. The van der Waals surface area contributed by atoms with Crippen molar-refractivity contribution in [1.82, 2.24) is 31.2 Å². The van der Waals surface area contributed by atoms with Crippen LogP contribution in [0.4, 0.5) is 0 Å². The van der Waals surface area contributed by atoms with E-state index in [0.29, 0.717) is 25.1 Å².